The van der Waals surface area contributed by atoms with E-state index in [-0.39, 0.29) is 17.3 Å². The second-order valence-corrected chi connectivity index (χ2v) is 13.3. The summed E-state index contributed by atoms with van der Waals surface area (Å²) in [6.07, 6.45) is 4.74. The molecule has 1 aliphatic heterocycles. The number of nitrogens with zero attached hydrogens (tertiary/aromatic N) is 3. The Kier molecular flexibility index (Phi) is 10.1. The number of ether oxygens (including phenoxy) is 3. The third-order valence-corrected chi connectivity index (χ3v) is 7.63. The Morgan fingerprint density at radius 2 is 1.74 bits per heavy atom. The molecule has 1 fully saturated rings. The number of pyridine rings is 2. The number of aromatic nitrogens is 2. The fourth-order valence-electron chi connectivity index (χ4n) is 5.26. The first-order chi connectivity index (χ1) is 20.2. The van der Waals surface area contributed by atoms with Gasteiger partial charge in [0.15, 0.2) is 6.10 Å². The van der Waals surface area contributed by atoms with Crippen LogP contribution in [0.1, 0.15) is 84.2 Å². The van der Waals surface area contributed by atoms with Crippen molar-refractivity contribution >= 4 is 11.7 Å². The first-order valence-corrected chi connectivity index (χ1v) is 15.2. The third kappa shape index (κ3) is 8.53. The quantitative estimate of drug-likeness (QED) is 0.224. The van der Waals surface area contributed by atoms with E-state index in [4.69, 9.17) is 24.2 Å². The molecular formula is C35H46FN3O4. The average Bonchev–Trinajstić information content (AvgIpc) is 2.92. The lowest BCUT2D eigenvalue weighted by Gasteiger charge is -2.41. The van der Waals surface area contributed by atoms with Gasteiger partial charge < -0.3 is 19.1 Å². The van der Waals surface area contributed by atoms with Crippen molar-refractivity contribution in [1.82, 2.24) is 9.97 Å². The van der Waals surface area contributed by atoms with Crippen LogP contribution >= 0.6 is 0 Å². The Morgan fingerprint density at radius 1 is 1.05 bits per heavy atom. The third-order valence-electron chi connectivity index (χ3n) is 7.63. The van der Waals surface area contributed by atoms with Gasteiger partial charge in [0.25, 0.3) is 0 Å². The van der Waals surface area contributed by atoms with E-state index in [2.05, 4.69) is 18.7 Å². The smallest absolute Gasteiger partial charge is 0.340 e. The summed E-state index contributed by atoms with van der Waals surface area (Å²) in [5.41, 5.74) is 4.10. The minimum Gasteiger partial charge on any atom is -0.492 e. The molecular weight excluding hydrogens is 545 g/mol. The maximum Gasteiger partial charge on any atom is 0.340 e. The van der Waals surface area contributed by atoms with Gasteiger partial charge >= 0.3 is 5.97 Å². The number of piperidine rings is 1. The highest BCUT2D eigenvalue weighted by Gasteiger charge is 2.37. The number of esters is 1. The molecule has 1 aromatic carbocycles. The number of carbonyl (C=O) groups is 1. The average molecular weight is 592 g/mol. The molecule has 0 radical (unpaired) electrons. The predicted molar refractivity (Wildman–Crippen MR) is 168 cm³/mol. The molecule has 0 aliphatic carbocycles. The second-order valence-electron chi connectivity index (χ2n) is 13.3. The van der Waals surface area contributed by atoms with Crippen LogP contribution in [-0.4, -0.2) is 47.3 Å². The molecule has 4 rings (SSSR count). The Balaban J connectivity index is 1.72. The van der Waals surface area contributed by atoms with E-state index in [1.807, 2.05) is 65.9 Å². The van der Waals surface area contributed by atoms with Gasteiger partial charge in [0.05, 0.1) is 35.9 Å². The van der Waals surface area contributed by atoms with Gasteiger partial charge in [-0.25, -0.2) is 9.18 Å². The number of carbonyl (C=O) groups excluding carboxylic acids is 1. The van der Waals surface area contributed by atoms with Crippen LogP contribution in [0.3, 0.4) is 0 Å². The Labute approximate surface area is 255 Å². The molecule has 1 unspecified atom stereocenters. The van der Waals surface area contributed by atoms with Gasteiger partial charge in [-0.2, -0.15) is 0 Å². The van der Waals surface area contributed by atoms with Gasteiger partial charge in [-0.05, 0) is 83.6 Å². The number of hydrogen-bond donors (Lipinski definition) is 0. The summed E-state index contributed by atoms with van der Waals surface area (Å²) in [6, 6.07) is 10.5. The van der Waals surface area contributed by atoms with Gasteiger partial charge in [-0.15, -0.1) is 0 Å². The fourth-order valence-corrected chi connectivity index (χ4v) is 5.26. The molecule has 3 aromatic rings. The van der Waals surface area contributed by atoms with Crippen molar-refractivity contribution in [1.29, 1.82) is 0 Å². The largest absolute Gasteiger partial charge is 0.492 e. The van der Waals surface area contributed by atoms with Crippen LogP contribution in [0, 0.1) is 18.2 Å². The molecule has 43 heavy (non-hydrogen) atoms. The number of rotatable bonds is 10. The Hall–Kier alpha value is -3.52. The van der Waals surface area contributed by atoms with Crippen LogP contribution in [0.2, 0.25) is 0 Å². The number of hydrogen-bond acceptors (Lipinski definition) is 7. The SMILES string of the molecule is Cc1ncc(-c2ccc(OCCc3ccccc3F)cn2)c(N2CCC(C)(C)CC2)c1C(OC(C)(C)C)C(=O)OC(C)C. The summed E-state index contributed by atoms with van der Waals surface area (Å²) >= 11 is 0. The summed E-state index contributed by atoms with van der Waals surface area (Å²) in [7, 11) is 0. The van der Waals surface area contributed by atoms with Crippen molar-refractivity contribution in [3.05, 3.63) is 71.4 Å². The normalized spacial score (nSPS) is 15.8. The lowest BCUT2D eigenvalue weighted by Crippen LogP contribution is -2.39. The van der Waals surface area contributed by atoms with Crippen LogP contribution in [0.15, 0.2) is 48.8 Å². The van der Waals surface area contributed by atoms with Gasteiger partial charge in [-0.3, -0.25) is 9.97 Å². The molecule has 2 aromatic heterocycles. The van der Waals surface area contributed by atoms with E-state index in [0.29, 0.717) is 41.3 Å². The molecule has 1 aliphatic rings. The molecule has 0 N–H and O–H groups in total. The van der Waals surface area contributed by atoms with Gasteiger partial charge in [0.1, 0.15) is 11.6 Å². The van der Waals surface area contributed by atoms with E-state index in [1.54, 1.807) is 18.3 Å². The molecule has 232 valence electrons. The van der Waals surface area contributed by atoms with Gasteiger partial charge in [0, 0.05) is 42.5 Å². The monoisotopic (exact) mass is 591 g/mol. The van der Waals surface area contributed by atoms with E-state index in [1.165, 1.54) is 6.07 Å². The van der Waals surface area contributed by atoms with Crippen LogP contribution in [0.25, 0.3) is 11.3 Å². The molecule has 0 spiro atoms. The zero-order valence-corrected chi connectivity index (χ0v) is 26.9. The predicted octanol–water partition coefficient (Wildman–Crippen LogP) is 7.65. The number of halogens is 1. The van der Waals surface area contributed by atoms with Crippen LogP contribution in [0.4, 0.5) is 10.1 Å². The second kappa shape index (κ2) is 13.4. The minimum absolute atomic E-state index is 0.233. The molecule has 1 atom stereocenters. The van der Waals surface area contributed by atoms with E-state index < -0.39 is 17.7 Å². The molecule has 1 saturated heterocycles. The first-order valence-electron chi connectivity index (χ1n) is 15.2. The van der Waals surface area contributed by atoms with E-state index >= 15 is 0 Å². The van der Waals surface area contributed by atoms with Crippen molar-refractivity contribution < 1.29 is 23.4 Å². The number of aryl methyl sites for hydroxylation is 1. The van der Waals surface area contributed by atoms with Crippen molar-refractivity contribution in [2.75, 3.05) is 24.6 Å². The molecule has 7 nitrogen and oxygen atoms in total. The molecule has 0 bridgehead atoms. The highest BCUT2D eigenvalue weighted by atomic mass is 19.1. The lowest BCUT2D eigenvalue weighted by molar-refractivity contribution is -0.171. The van der Waals surface area contributed by atoms with Crippen molar-refractivity contribution in [3.8, 4) is 17.0 Å². The number of benzene rings is 1. The lowest BCUT2D eigenvalue weighted by atomic mass is 9.82. The first kappa shape index (κ1) is 32.4. The summed E-state index contributed by atoms with van der Waals surface area (Å²) in [5, 5.41) is 0. The van der Waals surface area contributed by atoms with E-state index in [9.17, 15) is 9.18 Å². The Bertz CT molecular complexity index is 1390. The van der Waals surface area contributed by atoms with Crippen molar-refractivity contribution in [2.45, 2.75) is 92.5 Å². The van der Waals surface area contributed by atoms with Gasteiger partial charge in [-0.1, -0.05) is 32.0 Å². The van der Waals surface area contributed by atoms with E-state index in [0.717, 1.165) is 37.2 Å². The zero-order chi connectivity index (χ0) is 31.4. The molecule has 0 saturated carbocycles. The van der Waals surface area contributed by atoms with Crippen molar-refractivity contribution in [3.63, 3.8) is 0 Å². The fraction of sp³-hybridized carbons (Fsp3) is 0.514. The van der Waals surface area contributed by atoms with Crippen LogP contribution in [0.5, 0.6) is 5.75 Å². The van der Waals surface area contributed by atoms with Crippen LogP contribution in [-0.2, 0) is 20.7 Å². The standard InChI is InChI=1S/C35H46FN3O4/c1-23(2)42-33(40)32(43-34(4,5)6)30-24(3)37-22-27(31(30)39-18-16-35(7,8)17-19-39)29-14-13-26(21-38-29)41-20-15-25-11-9-10-12-28(25)36/h9-14,21-23,32H,15-20H2,1-8H3. The molecule has 3 heterocycles. The Morgan fingerprint density at radius 3 is 2.35 bits per heavy atom. The highest BCUT2D eigenvalue weighted by Crippen LogP contribution is 2.43. The zero-order valence-electron chi connectivity index (χ0n) is 26.9. The minimum atomic E-state index is -0.958. The summed E-state index contributed by atoms with van der Waals surface area (Å²) in [4.78, 5) is 25.4. The summed E-state index contributed by atoms with van der Waals surface area (Å²) in [6.45, 7) is 18.0. The maximum absolute atomic E-state index is 14.0. The molecule has 8 heteroatoms. The highest BCUT2D eigenvalue weighted by molar-refractivity contribution is 5.86. The topological polar surface area (TPSA) is 73.8 Å². The number of anilines is 1. The molecule has 0 amide bonds. The van der Waals surface area contributed by atoms with Crippen LogP contribution < -0.4 is 9.64 Å². The summed E-state index contributed by atoms with van der Waals surface area (Å²) in [5.74, 6) is -0.0740. The summed E-state index contributed by atoms with van der Waals surface area (Å²) < 4.78 is 32.0. The maximum atomic E-state index is 14.0. The van der Waals surface area contributed by atoms with Gasteiger partial charge in [0.2, 0.25) is 0 Å². The van der Waals surface area contributed by atoms with Crippen molar-refractivity contribution in [2.24, 2.45) is 5.41 Å².